The van der Waals surface area contributed by atoms with Crippen LogP contribution in [0.4, 0.5) is 4.39 Å². The first kappa shape index (κ1) is 18.1. The van der Waals surface area contributed by atoms with Crippen molar-refractivity contribution in [1.82, 2.24) is 20.1 Å². The van der Waals surface area contributed by atoms with Gasteiger partial charge in [-0.25, -0.2) is 4.39 Å². The SMILES string of the molecule is O=C(/C=C/c1ccccn1)N1CCC[C@@H](c2[nH]ncc2-c2ccccc2F)C1. The smallest absolute Gasteiger partial charge is 0.246 e. The number of amides is 1. The number of carbonyl (C=O) groups is 1. The summed E-state index contributed by atoms with van der Waals surface area (Å²) in [6.45, 7) is 1.29. The Morgan fingerprint density at radius 2 is 2.04 bits per heavy atom. The molecule has 1 fully saturated rings. The van der Waals surface area contributed by atoms with Gasteiger partial charge in [0.15, 0.2) is 0 Å². The molecule has 4 rings (SSSR count). The van der Waals surface area contributed by atoms with Gasteiger partial charge in [0.05, 0.1) is 11.9 Å². The molecular weight excluding hydrogens is 355 g/mol. The highest BCUT2D eigenvalue weighted by molar-refractivity contribution is 5.91. The van der Waals surface area contributed by atoms with Crippen LogP contribution < -0.4 is 0 Å². The number of carbonyl (C=O) groups excluding carboxylic acids is 1. The minimum absolute atomic E-state index is 0.0395. The molecule has 0 bridgehead atoms. The van der Waals surface area contributed by atoms with E-state index in [0.717, 1.165) is 29.8 Å². The number of likely N-dealkylation sites (tertiary alicyclic amines) is 1. The van der Waals surface area contributed by atoms with Crippen LogP contribution in [0.2, 0.25) is 0 Å². The molecule has 0 aliphatic carbocycles. The fourth-order valence-corrected chi connectivity index (χ4v) is 3.65. The second kappa shape index (κ2) is 8.17. The third-order valence-corrected chi connectivity index (χ3v) is 5.06. The van der Waals surface area contributed by atoms with E-state index in [2.05, 4.69) is 15.2 Å². The van der Waals surface area contributed by atoms with Gasteiger partial charge in [-0.1, -0.05) is 24.3 Å². The summed E-state index contributed by atoms with van der Waals surface area (Å²) in [5.74, 6) is -0.215. The molecule has 0 unspecified atom stereocenters. The molecule has 142 valence electrons. The number of hydrogen-bond acceptors (Lipinski definition) is 3. The van der Waals surface area contributed by atoms with Crippen LogP contribution in [0, 0.1) is 5.82 Å². The minimum atomic E-state index is -0.271. The zero-order chi connectivity index (χ0) is 19.3. The standard InChI is InChI=1S/C22H21FN4O/c23-20-9-2-1-8-18(20)19-14-25-26-22(19)16-6-5-13-27(15-16)21(28)11-10-17-7-3-4-12-24-17/h1-4,7-12,14,16H,5-6,13,15H2,(H,25,26)/b11-10+/t16-/m1/s1. The van der Waals surface area contributed by atoms with Crippen LogP contribution in [0.1, 0.15) is 30.1 Å². The predicted octanol–water partition coefficient (Wildman–Crippen LogP) is 4.03. The third kappa shape index (κ3) is 3.86. The molecule has 3 heterocycles. The van der Waals surface area contributed by atoms with Gasteiger partial charge in [-0.05, 0) is 37.1 Å². The number of nitrogens with zero attached hydrogens (tertiary/aromatic N) is 3. The summed E-state index contributed by atoms with van der Waals surface area (Å²) < 4.78 is 14.2. The summed E-state index contributed by atoms with van der Waals surface area (Å²) in [5, 5.41) is 7.18. The number of hydrogen-bond donors (Lipinski definition) is 1. The highest BCUT2D eigenvalue weighted by Gasteiger charge is 2.27. The molecule has 1 N–H and O–H groups in total. The number of aromatic nitrogens is 3. The van der Waals surface area contributed by atoms with E-state index < -0.39 is 0 Å². The van der Waals surface area contributed by atoms with Gasteiger partial charge in [0.2, 0.25) is 5.91 Å². The van der Waals surface area contributed by atoms with Crippen molar-refractivity contribution < 1.29 is 9.18 Å². The lowest BCUT2D eigenvalue weighted by Crippen LogP contribution is -2.38. The zero-order valence-electron chi connectivity index (χ0n) is 15.4. The Bertz CT molecular complexity index is 983. The maximum Gasteiger partial charge on any atom is 0.246 e. The summed E-state index contributed by atoms with van der Waals surface area (Å²) >= 11 is 0. The largest absolute Gasteiger partial charge is 0.338 e. The Kier molecular flexibility index (Phi) is 5.28. The molecule has 1 aromatic carbocycles. The maximum absolute atomic E-state index is 14.2. The number of benzene rings is 1. The van der Waals surface area contributed by atoms with Crippen molar-refractivity contribution in [2.45, 2.75) is 18.8 Å². The van der Waals surface area contributed by atoms with Crippen molar-refractivity contribution in [2.24, 2.45) is 0 Å². The first-order valence-electron chi connectivity index (χ1n) is 9.38. The molecule has 3 aromatic rings. The second-order valence-electron chi connectivity index (χ2n) is 6.89. The van der Waals surface area contributed by atoms with Crippen molar-refractivity contribution >= 4 is 12.0 Å². The number of nitrogens with one attached hydrogen (secondary N) is 1. The molecule has 1 amide bonds. The van der Waals surface area contributed by atoms with Crippen LogP contribution >= 0.6 is 0 Å². The van der Waals surface area contributed by atoms with Crippen LogP contribution in [0.25, 0.3) is 17.2 Å². The number of aromatic amines is 1. The van der Waals surface area contributed by atoms with E-state index in [0.29, 0.717) is 18.7 Å². The molecule has 0 radical (unpaired) electrons. The average molecular weight is 376 g/mol. The lowest BCUT2D eigenvalue weighted by atomic mass is 9.90. The van der Waals surface area contributed by atoms with Crippen LogP contribution in [-0.4, -0.2) is 39.1 Å². The van der Waals surface area contributed by atoms with E-state index >= 15 is 0 Å². The summed E-state index contributed by atoms with van der Waals surface area (Å²) in [6, 6.07) is 12.3. The van der Waals surface area contributed by atoms with Crippen LogP contribution in [0.5, 0.6) is 0 Å². The van der Waals surface area contributed by atoms with Gasteiger partial charge in [-0.3, -0.25) is 14.9 Å². The fourth-order valence-electron chi connectivity index (χ4n) is 3.65. The number of rotatable bonds is 4. The Morgan fingerprint density at radius 1 is 1.18 bits per heavy atom. The molecule has 5 nitrogen and oxygen atoms in total. The van der Waals surface area contributed by atoms with E-state index in [9.17, 15) is 9.18 Å². The Morgan fingerprint density at radius 3 is 2.86 bits per heavy atom. The lowest BCUT2D eigenvalue weighted by molar-refractivity contribution is -0.127. The Balaban J connectivity index is 1.51. The number of pyridine rings is 1. The van der Waals surface area contributed by atoms with Gasteiger partial charge in [-0.2, -0.15) is 5.10 Å². The normalized spacial score (nSPS) is 17.2. The fraction of sp³-hybridized carbons (Fsp3) is 0.227. The second-order valence-corrected chi connectivity index (χ2v) is 6.89. The van der Waals surface area contributed by atoms with Gasteiger partial charge >= 0.3 is 0 Å². The number of piperidine rings is 1. The minimum Gasteiger partial charge on any atom is -0.338 e. The summed E-state index contributed by atoms with van der Waals surface area (Å²) in [5.41, 5.74) is 2.93. The molecule has 1 aliphatic rings. The van der Waals surface area contributed by atoms with E-state index in [1.807, 2.05) is 29.2 Å². The van der Waals surface area contributed by atoms with Crippen molar-refractivity contribution in [3.8, 4) is 11.1 Å². The summed E-state index contributed by atoms with van der Waals surface area (Å²) in [6.07, 6.45) is 8.47. The van der Waals surface area contributed by atoms with Gasteiger partial charge in [0, 0.05) is 48.1 Å². The molecule has 1 saturated heterocycles. The van der Waals surface area contributed by atoms with Crippen LogP contribution in [0.3, 0.4) is 0 Å². The van der Waals surface area contributed by atoms with E-state index in [1.54, 1.807) is 36.7 Å². The summed E-state index contributed by atoms with van der Waals surface area (Å²) in [7, 11) is 0. The molecule has 1 aliphatic heterocycles. The van der Waals surface area contributed by atoms with Crippen LogP contribution in [0.15, 0.2) is 60.9 Å². The molecule has 0 spiro atoms. The van der Waals surface area contributed by atoms with Crippen molar-refractivity contribution in [3.05, 3.63) is 78.1 Å². The molecule has 2 aromatic heterocycles. The Hall–Kier alpha value is -3.28. The third-order valence-electron chi connectivity index (χ3n) is 5.06. The molecule has 1 atom stereocenters. The van der Waals surface area contributed by atoms with Crippen LogP contribution in [-0.2, 0) is 4.79 Å². The average Bonchev–Trinajstić information content (AvgIpc) is 3.23. The van der Waals surface area contributed by atoms with Gasteiger partial charge in [0.1, 0.15) is 5.82 Å². The van der Waals surface area contributed by atoms with Gasteiger partial charge in [0.25, 0.3) is 0 Å². The predicted molar refractivity (Wildman–Crippen MR) is 106 cm³/mol. The maximum atomic E-state index is 14.2. The monoisotopic (exact) mass is 376 g/mol. The van der Waals surface area contributed by atoms with Gasteiger partial charge in [-0.15, -0.1) is 0 Å². The number of H-pyrrole nitrogens is 1. The quantitative estimate of drug-likeness (QED) is 0.700. The van der Waals surface area contributed by atoms with E-state index in [1.165, 1.54) is 6.07 Å². The van der Waals surface area contributed by atoms with E-state index in [4.69, 9.17) is 0 Å². The first-order chi connectivity index (χ1) is 13.7. The topological polar surface area (TPSA) is 61.9 Å². The van der Waals surface area contributed by atoms with E-state index in [-0.39, 0.29) is 17.6 Å². The molecule has 28 heavy (non-hydrogen) atoms. The highest BCUT2D eigenvalue weighted by Crippen LogP contribution is 2.34. The highest BCUT2D eigenvalue weighted by atomic mass is 19.1. The van der Waals surface area contributed by atoms with Crippen molar-refractivity contribution in [3.63, 3.8) is 0 Å². The van der Waals surface area contributed by atoms with Gasteiger partial charge < -0.3 is 4.90 Å². The summed E-state index contributed by atoms with van der Waals surface area (Å²) in [4.78, 5) is 18.7. The zero-order valence-corrected chi connectivity index (χ0v) is 15.4. The first-order valence-corrected chi connectivity index (χ1v) is 9.38. The molecular formula is C22H21FN4O. The van der Waals surface area contributed by atoms with Crippen molar-refractivity contribution in [2.75, 3.05) is 13.1 Å². The molecule has 0 saturated carbocycles. The van der Waals surface area contributed by atoms with Crippen molar-refractivity contribution in [1.29, 1.82) is 0 Å². The lowest BCUT2D eigenvalue weighted by Gasteiger charge is -2.32. The Labute approximate surface area is 162 Å². The molecule has 6 heteroatoms. The number of halogens is 1.